The Kier molecular flexibility index (Phi) is 3.08. The lowest BCUT2D eigenvalue weighted by atomic mass is 10.1. The summed E-state index contributed by atoms with van der Waals surface area (Å²) in [4.78, 5) is 10.7. The highest BCUT2D eigenvalue weighted by Gasteiger charge is 2.60. The van der Waals surface area contributed by atoms with E-state index in [4.69, 9.17) is 5.11 Å². The van der Waals surface area contributed by atoms with Crippen molar-refractivity contribution in [2.75, 3.05) is 0 Å². The number of allylic oxidation sites excluding steroid dienone is 1. The fraction of sp³-hybridized carbons (Fsp3) is 0.625. The molecule has 0 aromatic heterocycles. The molecule has 1 fully saturated rings. The summed E-state index contributed by atoms with van der Waals surface area (Å²) >= 11 is 4.41. The van der Waals surface area contributed by atoms with Crippen LogP contribution in [0.2, 0.25) is 0 Å². The number of carboxylic acid groups (broad SMARTS) is 1. The zero-order valence-corrected chi connectivity index (χ0v) is 11.2. The van der Waals surface area contributed by atoms with Gasteiger partial charge in [0, 0.05) is 1.59 Å². The van der Waals surface area contributed by atoms with Crippen molar-refractivity contribution in [2.24, 2.45) is 17.3 Å². The first-order valence-electron chi connectivity index (χ1n) is 3.63. The number of hydrogen-bond donors (Lipinski definition) is 1. The topological polar surface area (TPSA) is 37.3 Å². The summed E-state index contributed by atoms with van der Waals surface area (Å²) in [5.41, 5.74) is -0.0482. The van der Waals surface area contributed by atoms with E-state index in [1.807, 2.05) is 19.9 Å². The maximum absolute atomic E-state index is 10.7. The number of halogens is 2. The van der Waals surface area contributed by atoms with Crippen molar-refractivity contribution in [2.45, 2.75) is 13.8 Å². The summed E-state index contributed by atoms with van der Waals surface area (Å²) < 4.78 is 1.15. The van der Waals surface area contributed by atoms with Crippen molar-refractivity contribution < 1.29 is 9.90 Å². The van der Waals surface area contributed by atoms with Gasteiger partial charge in [-0.25, -0.2) is 0 Å². The summed E-state index contributed by atoms with van der Waals surface area (Å²) in [5.74, 6) is -0.633. The third-order valence-electron chi connectivity index (χ3n) is 2.48. The Morgan fingerprint density at radius 1 is 1.50 bits per heavy atom. The molecule has 1 saturated carbocycles. The third kappa shape index (κ3) is 1.94. The Labute approximate surface area is 99.1 Å². The summed E-state index contributed by atoms with van der Waals surface area (Å²) in [5, 5.41) is 8.84. The molecule has 0 bridgehead atoms. The van der Waals surface area contributed by atoms with Crippen molar-refractivity contribution >= 4 is 51.2 Å². The van der Waals surface area contributed by atoms with Crippen LogP contribution in [0.4, 0.5) is 0 Å². The molecule has 0 aliphatic heterocycles. The molecular weight excluding hydrogens is 382 g/mol. The van der Waals surface area contributed by atoms with Crippen LogP contribution in [0.15, 0.2) is 7.66 Å². The number of carboxylic acids is 1. The van der Waals surface area contributed by atoms with E-state index in [2.05, 4.69) is 45.2 Å². The molecule has 0 heterocycles. The van der Waals surface area contributed by atoms with Crippen LogP contribution in [-0.2, 0) is 4.79 Å². The Hall–Kier alpha value is 0.670. The highest BCUT2D eigenvalue weighted by Crippen LogP contribution is 2.59. The van der Waals surface area contributed by atoms with Gasteiger partial charge < -0.3 is 5.11 Å². The van der Waals surface area contributed by atoms with Gasteiger partial charge in [-0.05, 0) is 56.5 Å². The second kappa shape index (κ2) is 3.43. The minimum absolute atomic E-state index is 0.0482. The van der Waals surface area contributed by atoms with Gasteiger partial charge in [0.15, 0.2) is 0 Å². The highest BCUT2D eigenvalue weighted by molar-refractivity contribution is 14.2. The number of aliphatic carboxylic acids is 1. The number of carbonyl (C=O) groups is 1. The van der Waals surface area contributed by atoms with E-state index in [1.54, 1.807) is 0 Å². The standard InChI is InChI=1S/C8H10I2O2/c1-8(2)4(3-5(9)10)6(8)7(11)12/h3-4,6H,1-2H3,(H,11,12). The highest BCUT2D eigenvalue weighted by atomic mass is 127. The molecule has 1 N–H and O–H groups in total. The second-order valence-corrected chi connectivity index (χ2v) is 8.01. The molecule has 1 aliphatic rings. The van der Waals surface area contributed by atoms with Crippen molar-refractivity contribution in [3.8, 4) is 0 Å². The molecule has 68 valence electrons. The molecule has 0 saturated heterocycles. The summed E-state index contributed by atoms with van der Waals surface area (Å²) in [7, 11) is 0. The zero-order valence-electron chi connectivity index (χ0n) is 6.84. The van der Waals surface area contributed by atoms with E-state index >= 15 is 0 Å². The molecular formula is C8H10I2O2. The van der Waals surface area contributed by atoms with Gasteiger partial charge in [0.1, 0.15) is 0 Å². The quantitative estimate of drug-likeness (QED) is 0.734. The first kappa shape index (κ1) is 10.7. The lowest BCUT2D eigenvalue weighted by molar-refractivity contribution is -0.139. The monoisotopic (exact) mass is 392 g/mol. The van der Waals surface area contributed by atoms with E-state index in [0.29, 0.717) is 0 Å². The van der Waals surface area contributed by atoms with Gasteiger partial charge in [-0.3, -0.25) is 4.79 Å². The SMILES string of the molecule is CC1(C)C(C=C(I)I)C1C(=O)O. The molecule has 4 heteroatoms. The fourth-order valence-electron chi connectivity index (χ4n) is 1.60. The molecule has 2 atom stereocenters. The lowest BCUT2D eigenvalue weighted by Crippen LogP contribution is -2.02. The zero-order chi connectivity index (χ0) is 9.52. The second-order valence-electron chi connectivity index (χ2n) is 3.62. The Morgan fingerprint density at radius 3 is 2.25 bits per heavy atom. The largest absolute Gasteiger partial charge is 0.481 e. The van der Waals surface area contributed by atoms with E-state index < -0.39 is 5.97 Å². The summed E-state index contributed by atoms with van der Waals surface area (Å²) in [6.45, 7) is 4.01. The maximum Gasteiger partial charge on any atom is 0.307 e. The van der Waals surface area contributed by atoms with Gasteiger partial charge in [-0.1, -0.05) is 19.9 Å². The van der Waals surface area contributed by atoms with E-state index in [9.17, 15) is 4.79 Å². The molecule has 2 nitrogen and oxygen atoms in total. The lowest BCUT2D eigenvalue weighted by Gasteiger charge is -1.96. The van der Waals surface area contributed by atoms with Gasteiger partial charge in [0.25, 0.3) is 0 Å². The number of hydrogen-bond acceptors (Lipinski definition) is 1. The molecule has 0 spiro atoms. The minimum atomic E-state index is -0.671. The average Bonchev–Trinajstić information content (AvgIpc) is 2.32. The van der Waals surface area contributed by atoms with Crippen LogP contribution >= 0.6 is 45.2 Å². The molecule has 0 radical (unpaired) electrons. The molecule has 0 aromatic rings. The smallest absolute Gasteiger partial charge is 0.307 e. The molecule has 1 aliphatic carbocycles. The maximum atomic E-state index is 10.7. The summed E-state index contributed by atoms with van der Waals surface area (Å²) in [6.07, 6.45) is 2.04. The molecule has 0 amide bonds. The van der Waals surface area contributed by atoms with Crippen LogP contribution in [0.3, 0.4) is 0 Å². The van der Waals surface area contributed by atoms with Crippen LogP contribution in [0.25, 0.3) is 0 Å². The molecule has 0 aromatic carbocycles. The van der Waals surface area contributed by atoms with Crippen LogP contribution in [0.1, 0.15) is 13.8 Å². The predicted octanol–water partition coefficient (Wildman–Crippen LogP) is 3.05. The Morgan fingerprint density at radius 2 is 2.00 bits per heavy atom. The first-order valence-corrected chi connectivity index (χ1v) is 5.78. The van der Waals surface area contributed by atoms with Gasteiger partial charge >= 0.3 is 5.97 Å². The van der Waals surface area contributed by atoms with Crippen LogP contribution in [0.5, 0.6) is 0 Å². The molecule has 12 heavy (non-hydrogen) atoms. The normalized spacial score (nSPS) is 31.0. The van der Waals surface area contributed by atoms with E-state index in [0.717, 1.165) is 1.59 Å². The molecule has 2 unspecified atom stereocenters. The van der Waals surface area contributed by atoms with Crippen molar-refractivity contribution in [3.63, 3.8) is 0 Å². The van der Waals surface area contributed by atoms with Gasteiger partial charge in [0.2, 0.25) is 0 Å². The van der Waals surface area contributed by atoms with Crippen molar-refractivity contribution in [1.29, 1.82) is 0 Å². The molecule has 1 rings (SSSR count). The van der Waals surface area contributed by atoms with Gasteiger partial charge in [-0.2, -0.15) is 0 Å². The van der Waals surface area contributed by atoms with Gasteiger partial charge in [-0.15, -0.1) is 0 Å². The van der Waals surface area contributed by atoms with Crippen molar-refractivity contribution in [1.82, 2.24) is 0 Å². The average molecular weight is 392 g/mol. The first-order chi connectivity index (χ1) is 5.37. The van der Waals surface area contributed by atoms with Gasteiger partial charge in [0.05, 0.1) is 5.92 Å². The van der Waals surface area contributed by atoms with Crippen molar-refractivity contribution in [3.05, 3.63) is 7.66 Å². The van der Waals surface area contributed by atoms with Crippen LogP contribution in [-0.4, -0.2) is 11.1 Å². The van der Waals surface area contributed by atoms with E-state index in [-0.39, 0.29) is 17.3 Å². The fourth-order valence-corrected chi connectivity index (χ4v) is 2.37. The number of rotatable bonds is 2. The van der Waals surface area contributed by atoms with Crippen LogP contribution < -0.4 is 0 Å². The minimum Gasteiger partial charge on any atom is -0.481 e. The van der Waals surface area contributed by atoms with Crippen LogP contribution in [0, 0.1) is 17.3 Å². The third-order valence-corrected chi connectivity index (χ3v) is 3.20. The Balaban J connectivity index is 2.73. The summed E-state index contributed by atoms with van der Waals surface area (Å²) in [6, 6.07) is 0. The van der Waals surface area contributed by atoms with E-state index in [1.165, 1.54) is 0 Å². The predicted molar refractivity (Wildman–Crippen MR) is 64.5 cm³/mol. The Bertz CT molecular complexity index is 241.